The van der Waals surface area contributed by atoms with Crippen molar-refractivity contribution in [2.45, 2.75) is 38.1 Å². The van der Waals surface area contributed by atoms with Crippen molar-refractivity contribution in [1.82, 2.24) is 20.3 Å². The van der Waals surface area contributed by atoms with Gasteiger partial charge in [-0.3, -0.25) is 0 Å². The summed E-state index contributed by atoms with van der Waals surface area (Å²) < 4.78 is 4.62. The zero-order valence-electron chi connectivity index (χ0n) is 14.3. The fourth-order valence-electron chi connectivity index (χ4n) is 3.12. The number of rotatable bonds is 1. The molecule has 5 rings (SSSR count). The zero-order chi connectivity index (χ0) is 17.6. The molecule has 1 aliphatic heterocycles. The Morgan fingerprint density at radius 2 is 2.08 bits per heavy atom. The number of nitrogens with zero attached hydrogens (tertiary/aromatic N) is 2. The summed E-state index contributed by atoms with van der Waals surface area (Å²) in [6.45, 7) is 4.31. The first kappa shape index (κ1) is 15.7. The number of nitrogens with two attached hydrogens (primary N) is 1. The number of para-hydroxylation sites is 1. The van der Waals surface area contributed by atoms with E-state index in [9.17, 15) is 4.79 Å². The van der Waals surface area contributed by atoms with E-state index >= 15 is 0 Å². The number of anilines is 1. The average molecular weight is 339 g/mol. The highest BCUT2D eigenvalue weighted by molar-refractivity contribution is 6.11. The highest BCUT2D eigenvalue weighted by atomic mass is 16.6. The van der Waals surface area contributed by atoms with Crippen LogP contribution < -0.4 is 11.1 Å². The summed E-state index contributed by atoms with van der Waals surface area (Å²) in [5, 5.41) is 4.72. The van der Waals surface area contributed by atoms with Gasteiger partial charge in [0.05, 0.1) is 16.4 Å². The summed E-state index contributed by atoms with van der Waals surface area (Å²) in [5.74, 6) is 1.26. The van der Waals surface area contributed by atoms with Crippen LogP contribution in [0.3, 0.4) is 0 Å². The molecule has 2 aromatic heterocycles. The zero-order valence-corrected chi connectivity index (χ0v) is 14.3. The molecule has 0 bridgehead atoms. The van der Waals surface area contributed by atoms with Crippen LogP contribution in [-0.2, 0) is 4.74 Å². The summed E-state index contributed by atoms with van der Waals surface area (Å²) in [6, 6.07) is 6.37. The molecule has 0 spiro atoms. The monoisotopic (exact) mass is 339 g/mol. The van der Waals surface area contributed by atoms with Crippen LogP contribution in [0, 0.1) is 0 Å². The van der Waals surface area contributed by atoms with E-state index < -0.39 is 0 Å². The van der Waals surface area contributed by atoms with Crippen molar-refractivity contribution in [3.8, 4) is 0 Å². The Hall–Kier alpha value is -2.83. The lowest BCUT2D eigenvalue weighted by Crippen LogP contribution is -2.36. The quantitative estimate of drug-likeness (QED) is 0.632. The number of hydrogen-bond donors (Lipinski definition) is 3. The number of benzene rings is 1. The second-order valence-electron chi connectivity index (χ2n) is 7.24. The van der Waals surface area contributed by atoms with E-state index in [0.29, 0.717) is 18.3 Å². The van der Waals surface area contributed by atoms with E-state index in [-0.39, 0.29) is 11.6 Å². The first-order valence-electron chi connectivity index (χ1n) is 8.40. The van der Waals surface area contributed by atoms with E-state index in [1.807, 2.05) is 13.8 Å². The number of alkyl carbamates (subject to hydrolysis) is 1. The van der Waals surface area contributed by atoms with Gasteiger partial charge in [-0.1, -0.05) is 18.2 Å². The maximum atomic E-state index is 10.3. The van der Waals surface area contributed by atoms with Crippen molar-refractivity contribution in [2.75, 3.05) is 12.3 Å². The molecule has 1 saturated heterocycles. The van der Waals surface area contributed by atoms with Gasteiger partial charge >= 0.3 is 6.09 Å². The molecule has 1 amide bonds. The lowest BCUT2D eigenvalue weighted by molar-refractivity contribution is 0.174. The topological polar surface area (TPSA) is 106 Å². The molecular weight excluding hydrogens is 318 g/mol. The molecule has 1 saturated carbocycles. The van der Waals surface area contributed by atoms with Crippen LogP contribution in [-0.4, -0.2) is 33.2 Å². The van der Waals surface area contributed by atoms with Gasteiger partial charge in [0.2, 0.25) is 0 Å². The number of fused-ring (bicyclic) bond motifs is 3. The maximum absolute atomic E-state index is 10.3. The normalized spacial score (nSPS) is 18.6. The van der Waals surface area contributed by atoms with Gasteiger partial charge in [0.25, 0.3) is 0 Å². The number of nitrogens with one attached hydrogen (secondary N) is 2. The number of hydrogen-bond acceptors (Lipinski definition) is 5. The highest BCUT2D eigenvalue weighted by Crippen LogP contribution is 2.44. The van der Waals surface area contributed by atoms with E-state index in [2.05, 4.69) is 43.2 Å². The van der Waals surface area contributed by atoms with Crippen LogP contribution in [0.25, 0.3) is 21.9 Å². The lowest BCUT2D eigenvalue weighted by Gasteiger charge is -2.11. The minimum Gasteiger partial charge on any atom is -0.447 e. The van der Waals surface area contributed by atoms with Crippen molar-refractivity contribution in [1.29, 1.82) is 0 Å². The van der Waals surface area contributed by atoms with Crippen molar-refractivity contribution >= 4 is 33.8 Å². The number of aromatic nitrogens is 3. The largest absolute Gasteiger partial charge is 0.447 e. The molecule has 0 radical (unpaired) electrons. The van der Waals surface area contributed by atoms with Crippen LogP contribution in [0.2, 0.25) is 0 Å². The number of cyclic esters (lactones) is 1. The van der Waals surface area contributed by atoms with Crippen LogP contribution in [0.4, 0.5) is 10.6 Å². The summed E-state index contributed by atoms with van der Waals surface area (Å²) >= 11 is 0. The summed E-state index contributed by atoms with van der Waals surface area (Å²) in [4.78, 5) is 22.0. The Bertz CT molecular complexity index is 959. The highest BCUT2D eigenvalue weighted by Gasteiger charge is 2.29. The van der Waals surface area contributed by atoms with Crippen LogP contribution in [0.15, 0.2) is 24.5 Å². The van der Waals surface area contributed by atoms with Gasteiger partial charge in [-0.2, -0.15) is 0 Å². The van der Waals surface area contributed by atoms with E-state index in [1.54, 1.807) is 0 Å². The molecule has 3 heterocycles. The molecule has 1 aromatic carbocycles. The standard InChI is InChI=1S/C13H12N4.C5H9NO2/c14-12-10-9-3-1-2-8(7-4-5-7)11(9)17-13(10)16-6-15-12;1-5(2)3-8-4(7)6-5/h1-3,6-7H,4-5H2,(H3,14,15,16,17);3H2,1-2H3,(H,6,7). The fourth-order valence-corrected chi connectivity index (χ4v) is 3.12. The molecule has 0 unspecified atom stereocenters. The third-order valence-corrected chi connectivity index (χ3v) is 4.51. The van der Waals surface area contributed by atoms with Gasteiger partial charge < -0.3 is 20.8 Å². The van der Waals surface area contributed by atoms with E-state index in [1.165, 1.54) is 30.2 Å². The minimum absolute atomic E-state index is 0.156. The predicted molar refractivity (Wildman–Crippen MR) is 96.3 cm³/mol. The van der Waals surface area contributed by atoms with Crippen molar-refractivity contribution in [2.24, 2.45) is 0 Å². The van der Waals surface area contributed by atoms with Crippen LogP contribution in [0.5, 0.6) is 0 Å². The van der Waals surface area contributed by atoms with Crippen molar-refractivity contribution in [3.05, 3.63) is 30.1 Å². The third-order valence-electron chi connectivity index (χ3n) is 4.51. The van der Waals surface area contributed by atoms with Gasteiger partial charge in [-0.25, -0.2) is 14.8 Å². The van der Waals surface area contributed by atoms with Gasteiger partial charge in [0.1, 0.15) is 24.4 Å². The number of H-pyrrole nitrogens is 1. The molecule has 7 nitrogen and oxygen atoms in total. The summed E-state index contributed by atoms with van der Waals surface area (Å²) in [5.41, 5.74) is 9.18. The minimum atomic E-state index is -0.310. The molecular formula is C18H21N5O2. The number of amides is 1. The molecule has 4 N–H and O–H groups in total. The third kappa shape index (κ3) is 2.97. The van der Waals surface area contributed by atoms with Gasteiger partial charge in [-0.15, -0.1) is 0 Å². The number of carbonyl (C=O) groups is 1. The van der Waals surface area contributed by atoms with Crippen LogP contribution >= 0.6 is 0 Å². The first-order chi connectivity index (χ1) is 11.9. The fraction of sp³-hybridized carbons (Fsp3) is 0.389. The summed E-state index contributed by atoms with van der Waals surface area (Å²) in [7, 11) is 0. The number of aromatic amines is 1. The average Bonchev–Trinajstić information content (AvgIpc) is 3.25. The Balaban J connectivity index is 0.000000166. The maximum Gasteiger partial charge on any atom is 0.407 e. The Kier molecular flexibility index (Phi) is 3.52. The number of nitrogen functional groups attached to an aromatic ring is 1. The lowest BCUT2D eigenvalue weighted by atomic mass is 10.1. The van der Waals surface area contributed by atoms with Crippen molar-refractivity contribution in [3.63, 3.8) is 0 Å². The van der Waals surface area contributed by atoms with Crippen LogP contribution in [0.1, 0.15) is 38.2 Å². The molecule has 7 heteroatoms. The van der Waals surface area contributed by atoms with Gasteiger partial charge in [0, 0.05) is 5.39 Å². The van der Waals surface area contributed by atoms with Gasteiger partial charge in [0.15, 0.2) is 0 Å². The van der Waals surface area contributed by atoms with E-state index in [0.717, 1.165) is 16.4 Å². The predicted octanol–water partition coefficient (Wildman–Crippen LogP) is 3.08. The summed E-state index contributed by atoms with van der Waals surface area (Å²) in [6.07, 6.45) is 3.77. The number of carbonyl (C=O) groups excluding carboxylic acids is 1. The SMILES string of the molecule is CC1(C)COC(=O)N1.Nc1ncnc2[nH]c3c(C4CC4)cccc3c12. The first-order valence-corrected chi connectivity index (χ1v) is 8.40. The van der Waals surface area contributed by atoms with Crippen molar-refractivity contribution < 1.29 is 9.53 Å². The second-order valence-corrected chi connectivity index (χ2v) is 7.24. The number of ether oxygens (including phenoxy) is 1. The molecule has 2 fully saturated rings. The Labute approximate surface area is 145 Å². The molecule has 130 valence electrons. The van der Waals surface area contributed by atoms with E-state index in [4.69, 9.17) is 5.73 Å². The molecule has 3 aromatic rings. The second kappa shape index (κ2) is 5.61. The molecule has 1 aliphatic carbocycles. The Morgan fingerprint density at radius 3 is 2.68 bits per heavy atom. The Morgan fingerprint density at radius 1 is 1.28 bits per heavy atom. The van der Waals surface area contributed by atoms with Gasteiger partial charge in [-0.05, 0) is 38.2 Å². The smallest absolute Gasteiger partial charge is 0.407 e. The molecule has 25 heavy (non-hydrogen) atoms. The molecule has 2 aliphatic rings. The molecule has 0 atom stereocenters.